The summed E-state index contributed by atoms with van der Waals surface area (Å²) in [6, 6.07) is 8.44. The molecule has 2 heterocycles. The number of anilines is 1. The van der Waals surface area contributed by atoms with Gasteiger partial charge in [0.05, 0.1) is 26.9 Å². The van der Waals surface area contributed by atoms with E-state index in [9.17, 15) is 13.2 Å². The highest BCUT2D eigenvalue weighted by Gasteiger charge is 2.27. The molecule has 0 spiro atoms. The third kappa shape index (κ3) is 5.10. The van der Waals surface area contributed by atoms with Crippen LogP contribution in [0.25, 0.3) is 11.0 Å². The van der Waals surface area contributed by atoms with E-state index < -0.39 is 10.0 Å². The van der Waals surface area contributed by atoms with Gasteiger partial charge in [-0.25, -0.2) is 8.42 Å². The second-order valence-electron chi connectivity index (χ2n) is 8.26. The van der Waals surface area contributed by atoms with Gasteiger partial charge in [-0.1, -0.05) is 18.1 Å². The van der Waals surface area contributed by atoms with Crippen LogP contribution >= 0.6 is 0 Å². The van der Waals surface area contributed by atoms with Crippen molar-refractivity contribution in [2.24, 2.45) is 0 Å². The molecule has 0 bridgehead atoms. The average molecular weight is 514 g/mol. The largest absolute Gasteiger partial charge is 0.496 e. The Morgan fingerprint density at radius 3 is 2.69 bits per heavy atom. The number of aromatic nitrogens is 1. The summed E-state index contributed by atoms with van der Waals surface area (Å²) in [5.41, 5.74) is 1.91. The molecule has 1 aliphatic heterocycles. The van der Waals surface area contributed by atoms with Crippen molar-refractivity contribution < 1.29 is 31.9 Å². The van der Waals surface area contributed by atoms with E-state index in [1.807, 2.05) is 13.0 Å². The first-order valence-electron chi connectivity index (χ1n) is 11.3. The van der Waals surface area contributed by atoms with E-state index in [2.05, 4.69) is 15.8 Å². The van der Waals surface area contributed by atoms with Crippen molar-refractivity contribution in [3.05, 3.63) is 41.5 Å². The van der Waals surface area contributed by atoms with Gasteiger partial charge < -0.3 is 23.6 Å². The van der Waals surface area contributed by atoms with Crippen molar-refractivity contribution in [2.75, 3.05) is 32.0 Å². The summed E-state index contributed by atoms with van der Waals surface area (Å²) >= 11 is 0. The van der Waals surface area contributed by atoms with Crippen molar-refractivity contribution in [1.82, 2.24) is 10.1 Å². The molecule has 0 aliphatic carbocycles. The van der Waals surface area contributed by atoms with Crippen LogP contribution in [0, 0.1) is 12.3 Å². The Morgan fingerprint density at radius 2 is 2.00 bits per heavy atom. The van der Waals surface area contributed by atoms with Crippen LogP contribution in [-0.4, -0.2) is 57.8 Å². The molecule has 3 aromatic rings. The highest BCUT2D eigenvalue weighted by atomic mass is 32.2. The minimum Gasteiger partial charge on any atom is -0.496 e. The average Bonchev–Trinajstić information content (AvgIpc) is 3.53. The molecule has 1 aliphatic rings. The van der Waals surface area contributed by atoms with Crippen LogP contribution in [0.15, 0.2) is 39.8 Å². The zero-order chi connectivity index (χ0) is 25.9. The van der Waals surface area contributed by atoms with Crippen LogP contribution in [0.4, 0.5) is 5.82 Å². The Balaban J connectivity index is 1.56. The molecule has 1 fully saturated rings. The van der Waals surface area contributed by atoms with Gasteiger partial charge >= 0.3 is 0 Å². The predicted octanol–water partition coefficient (Wildman–Crippen LogP) is 2.96. The summed E-state index contributed by atoms with van der Waals surface area (Å²) in [4.78, 5) is 13.2. The van der Waals surface area contributed by atoms with Gasteiger partial charge in [-0.3, -0.25) is 9.52 Å². The number of nitrogens with one attached hydrogen (secondary N) is 1. The molecule has 1 unspecified atom stereocenters. The number of rotatable bonds is 9. The first-order valence-corrected chi connectivity index (χ1v) is 12.8. The van der Waals surface area contributed by atoms with E-state index >= 15 is 0 Å². The van der Waals surface area contributed by atoms with Crippen molar-refractivity contribution in [3.8, 4) is 23.8 Å². The Kier molecular flexibility index (Phi) is 7.37. The summed E-state index contributed by atoms with van der Waals surface area (Å²) in [6.45, 7) is 3.15. The Labute approximate surface area is 209 Å². The second kappa shape index (κ2) is 10.5. The van der Waals surface area contributed by atoms with Crippen LogP contribution in [0.2, 0.25) is 0 Å². The quantitative estimate of drug-likeness (QED) is 0.434. The maximum atomic E-state index is 13.2. The predicted molar refractivity (Wildman–Crippen MR) is 132 cm³/mol. The van der Waals surface area contributed by atoms with Gasteiger partial charge in [-0.15, -0.1) is 6.42 Å². The van der Waals surface area contributed by atoms with E-state index in [1.54, 1.807) is 29.2 Å². The lowest BCUT2D eigenvalue weighted by molar-refractivity contribution is -0.124. The van der Waals surface area contributed by atoms with Crippen LogP contribution < -0.4 is 14.2 Å². The summed E-state index contributed by atoms with van der Waals surface area (Å²) in [5, 5.41) is 4.32. The van der Waals surface area contributed by atoms with Gasteiger partial charge in [0.25, 0.3) is 15.9 Å². The summed E-state index contributed by atoms with van der Waals surface area (Å²) in [5.74, 6) is 2.35. The molecule has 1 amide bonds. The topological polar surface area (TPSA) is 120 Å². The number of nitrogens with zero attached hydrogens (tertiary/aromatic N) is 2. The third-order valence-electron chi connectivity index (χ3n) is 6.02. The molecular weight excluding hydrogens is 486 g/mol. The van der Waals surface area contributed by atoms with Gasteiger partial charge in [0, 0.05) is 13.1 Å². The number of carbonyl (C=O) groups is 1. The van der Waals surface area contributed by atoms with Gasteiger partial charge in [0.2, 0.25) is 0 Å². The molecule has 1 aromatic heterocycles. The van der Waals surface area contributed by atoms with Gasteiger partial charge in [0.1, 0.15) is 21.8 Å². The number of benzene rings is 2. The summed E-state index contributed by atoms with van der Waals surface area (Å²) < 4.78 is 51.1. The van der Waals surface area contributed by atoms with E-state index in [0.29, 0.717) is 42.6 Å². The zero-order valence-corrected chi connectivity index (χ0v) is 21.1. The normalized spacial score (nSPS) is 15.6. The van der Waals surface area contributed by atoms with Gasteiger partial charge in [0.15, 0.2) is 11.4 Å². The molecule has 2 aromatic carbocycles. The summed E-state index contributed by atoms with van der Waals surface area (Å²) in [7, 11) is -1.16. The second-order valence-corrected chi connectivity index (χ2v) is 9.91. The lowest BCUT2D eigenvalue weighted by Gasteiger charge is -2.14. The number of aryl methyl sites for hydroxylation is 1. The van der Waals surface area contributed by atoms with E-state index in [-0.39, 0.29) is 35.1 Å². The molecular formula is C25H27N3O7S. The van der Waals surface area contributed by atoms with Gasteiger partial charge in [-0.2, -0.15) is 0 Å². The minimum absolute atomic E-state index is 0.00147. The molecule has 36 heavy (non-hydrogen) atoms. The summed E-state index contributed by atoms with van der Waals surface area (Å²) in [6.07, 6.45) is 6.39. The number of sulfonamides is 1. The first kappa shape index (κ1) is 25.3. The number of methoxy groups -OCH3 is 2. The molecule has 1 N–H and O–H groups in total. The number of fused-ring (bicyclic) bond motifs is 1. The van der Waals surface area contributed by atoms with Gasteiger partial charge in [-0.05, 0) is 54.2 Å². The van der Waals surface area contributed by atoms with E-state index in [4.69, 9.17) is 25.2 Å². The Morgan fingerprint density at radius 1 is 1.22 bits per heavy atom. The fourth-order valence-electron chi connectivity index (χ4n) is 4.09. The lowest BCUT2D eigenvalue weighted by Crippen LogP contribution is -2.28. The van der Waals surface area contributed by atoms with Crippen molar-refractivity contribution >= 4 is 32.7 Å². The van der Waals surface area contributed by atoms with Crippen LogP contribution in [-0.2, 0) is 32.6 Å². The highest BCUT2D eigenvalue weighted by molar-refractivity contribution is 7.92. The number of ether oxygens (including phenoxy) is 3. The van der Waals surface area contributed by atoms with Crippen molar-refractivity contribution in [1.29, 1.82) is 0 Å². The fourth-order valence-corrected chi connectivity index (χ4v) is 5.32. The number of likely N-dealkylation sites (tertiary alicyclic amines) is 1. The number of hydrogen-bond donors (Lipinski definition) is 1. The van der Waals surface area contributed by atoms with Crippen molar-refractivity contribution in [2.45, 2.75) is 37.4 Å². The van der Waals surface area contributed by atoms with Crippen LogP contribution in [0.1, 0.15) is 24.5 Å². The van der Waals surface area contributed by atoms with E-state index in [0.717, 1.165) is 11.1 Å². The maximum absolute atomic E-state index is 13.2. The smallest absolute Gasteiger partial charge is 0.298 e. The molecule has 190 valence electrons. The highest BCUT2D eigenvalue weighted by Crippen LogP contribution is 2.36. The lowest BCUT2D eigenvalue weighted by atomic mass is 10.1. The molecule has 0 saturated carbocycles. The van der Waals surface area contributed by atoms with Crippen molar-refractivity contribution in [3.63, 3.8) is 0 Å². The van der Waals surface area contributed by atoms with E-state index in [1.165, 1.54) is 14.2 Å². The standard InChI is InChI=1S/C25H27N3O7S/c1-5-16-7-8-19(32-3)22(13-16)36(30,31)27-25-24-20(33-4)11-17(12-21(24)35-26-25)15-34-18-9-10-28(14-18)23(29)6-2/h2,7-8,11-13,18H,5,9-10,14-15H2,1,3-4H3,(H,26,27). The number of terminal acetylenes is 1. The van der Waals surface area contributed by atoms with Crippen LogP contribution in [0.3, 0.4) is 0 Å². The maximum Gasteiger partial charge on any atom is 0.298 e. The molecule has 4 rings (SSSR count). The Hall–Kier alpha value is -3.75. The first-order chi connectivity index (χ1) is 17.3. The monoisotopic (exact) mass is 513 g/mol. The molecule has 0 radical (unpaired) electrons. The SMILES string of the molecule is C#CC(=O)N1CCC(OCc2cc(OC)c3c(NS(=O)(=O)c4cc(CC)ccc4OC)noc3c2)C1. The molecule has 1 saturated heterocycles. The van der Waals surface area contributed by atoms with Crippen LogP contribution in [0.5, 0.6) is 11.5 Å². The fraction of sp³-hybridized carbons (Fsp3) is 0.360. The minimum atomic E-state index is -4.04. The molecule has 1 atom stereocenters. The Bertz CT molecular complexity index is 1430. The third-order valence-corrected chi connectivity index (χ3v) is 7.38. The number of carbonyl (C=O) groups excluding carboxylic acids is 1. The molecule has 10 nitrogen and oxygen atoms in total. The molecule has 11 heteroatoms. The number of hydrogen-bond acceptors (Lipinski definition) is 8. The number of amides is 1. The zero-order valence-electron chi connectivity index (χ0n) is 20.2.